The first-order valence-electron chi connectivity index (χ1n) is 5.31. The van der Waals surface area contributed by atoms with E-state index in [4.69, 9.17) is 10.00 Å². The molecule has 2 atom stereocenters. The molecule has 2 nitrogen and oxygen atoms in total. The molecule has 0 N–H and O–H groups in total. The summed E-state index contributed by atoms with van der Waals surface area (Å²) in [6.45, 7) is 6.15. The van der Waals surface area contributed by atoms with Crippen molar-refractivity contribution in [2.75, 3.05) is 7.11 Å². The van der Waals surface area contributed by atoms with Crippen molar-refractivity contribution >= 4 is 0 Å². The van der Waals surface area contributed by atoms with E-state index in [0.29, 0.717) is 0 Å². The van der Waals surface area contributed by atoms with Crippen LogP contribution in [0.25, 0.3) is 0 Å². The third-order valence-electron chi connectivity index (χ3n) is 3.36. The second kappa shape index (κ2) is 4.50. The first kappa shape index (κ1) is 11.1. The number of rotatable bonds is 4. The maximum atomic E-state index is 8.90. The summed E-state index contributed by atoms with van der Waals surface area (Å²) >= 11 is 0. The lowest BCUT2D eigenvalue weighted by atomic mass is 9.79. The van der Waals surface area contributed by atoms with Crippen LogP contribution in [-0.4, -0.2) is 7.11 Å². The van der Waals surface area contributed by atoms with Gasteiger partial charge in [0.25, 0.3) is 0 Å². The monoisotopic (exact) mass is 193 g/mol. The molecule has 0 heterocycles. The first-order chi connectivity index (χ1) is 6.68. The maximum Gasteiger partial charge on any atom is 0.0945 e. The average Bonchev–Trinajstić information content (AvgIpc) is 2.62. The van der Waals surface area contributed by atoms with E-state index in [1.165, 1.54) is 0 Å². The maximum absolute atomic E-state index is 8.90. The minimum Gasteiger partial charge on any atom is -0.501 e. The van der Waals surface area contributed by atoms with Gasteiger partial charge in [0.15, 0.2) is 0 Å². The summed E-state index contributed by atoms with van der Waals surface area (Å²) in [7, 11) is 1.68. The van der Waals surface area contributed by atoms with Crippen LogP contribution in [0.3, 0.4) is 0 Å². The zero-order valence-electron chi connectivity index (χ0n) is 9.18. The molecule has 0 saturated heterocycles. The third-order valence-corrected chi connectivity index (χ3v) is 3.36. The van der Waals surface area contributed by atoms with Gasteiger partial charge in [-0.05, 0) is 25.7 Å². The van der Waals surface area contributed by atoms with Gasteiger partial charge in [0, 0.05) is 11.3 Å². The summed E-state index contributed by atoms with van der Waals surface area (Å²) in [6, 6.07) is 2.36. The highest BCUT2D eigenvalue weighted by molar-refractivity contribution is 5.10. The molecule has 0 radical (unpaired) electrons. The third kappa shape index (κ3) is 1.92. The van der Waals surface area contributed by atoms with Gasteiger partial charge in [-0.3, -0.25) is 0 Å². The van der Waals surface area contributed by atoms with E-state index < -0.39 is 0 Å². The van der Waals surface area contributed by atoms with Crippen LogP contribution in [0.4, 0.5) is 0 Å². The molecule has 0 aliphatic heterocycles. The largest absolute Gasteiger partial charge is 0.501 e. The SMILES string of the molecule is C=C(OC)C1(CCC)CCC(C#N)C1. The smallest absolute Gasteiger partial charge is 0.0945 e. The molecular weight excluding hydrogens is 174 g/mol. The number of nitrogens with zero attached hydrogens (tertiary/aromatic N) is 1. The van der Waals surface area contributed by atoms with Gasteiger partial charge in [-0.1, -0.05) is 19.9 Å². The van der Waals surface area contributed by atoms with Gasteiger partial charge >= 0.3 is 0 Å². The molecule has 0 aromatic carbocycles. The van der Waals surface area contributed by atoms with Crippen molar-refractivity contribution in [2.24, 2.45) is 11.3 Å². The lowest BCUT2D eigenvalue weighted by molar-refractivity contribution is 0.160. The Hall–Kier alpha value is -0.970. The number of nitriles is 1. The molecule has 1 aliphatic carbocycles. The van der Waals surface area contributed by atoms with Crippen LogP contribution < -0.4 is 0 Å². The molecule has 2 unspecified atom stereocenters. The molecular formula is C12H19NO. The fourth-order valence-corrected chi connectivity index (χ4v) is 2.55. The Kier molecular flexibility index (Phi) is 3.57. The number of ether oxygens (including phenoxy) is 1. The van der Waals surface area contributed by atoms with Crippen molar-refractivity contribution < 1.29 is 4.74 Å². The minimum atomic E-state index is 0.0872. The molecule has 1 saturated carbocycles. The molecule has 2 heteroatoms. The summed E-state index contributed by atoms with van der Waals surface area (Å²) in [5.74, 6) is 1.07. The van der Waals surface area contributed by atoms with Crippen LogP contribution in [0.15, 0.2) is 12.3 Å². The van der Waals surface area contributed by atoms with Crippen molar-refractivity contribution in [3.05, 3.63) is 12.3 Å². The topological polar surface area (TPSA) is 33.0 Å². The molecule has 0 aromatic rings. The second-order valence-electron chi connectivity index (χ2n) is 4.23. The van der Waals surface area contributed by atoms with Gasteiger partial charge in [-0.2, -0.15) is 5.26 Å². The molecule has 0 aromatic heterocycles. The molecule has 1 rings (SSSR count). The van der Waals surface area contributed by atoms with Crippen molar-refractivity contribution in [3.63, 3.8) is 0 Å². The summed E-state index contributed by atoms with van der Waals surface area (Å²) in [6.07, 6.45) is 5.22. The molecule has 14 heavy (non-hydrogen) atoms. The van der Waals surface area contributed by atoms with Crippen molar-refractivity contribution in [2.45, 2.75) is 39.0 Å². The normalized spacial score (nSPS) is 31.1. The van der Waals surface area contributed by atoms with Crippen LogP contribution in [0.5, 0.6) is 0 Å². The number of methoxy groups -OCH3 is 1. The average molecular weight is 193 g/mol. The molecule has 78 valence electrons. The summed E-state index contributed by atoms with van der Waals surface area (Å²) in [5, 5.41) is 8.90. The molecule has 1 fully saturated rings. The predicted molar refractivity (Wildman–Crippen MR) is 56.4 cm³/mol. The summed E-state index contributed by atoms with van der Waals surface area (Å²) < 4.78 is 5.28. The first-order valence-corrected chi connectivity index (χ1v) is 5.31. The molecule has 1 aliphatic rings. The van der Waals surface area contributed by atoms with Crippen molar-refractivity contribution in [3.8, 4) is 6.07 Å². The van der Waals surface area contributed by atoms with E-state index >= 15 is 0 Å². The quantitative estimate of drug-likeness (QED) is 0.642. The van der Waals surface area contributed by atoms with Crippen LogP contribution in [0, 0.1) is 22.7 Å². The van der Waals surface area contributed by atoms with E-state index in [2.05, 4.69) is 19.6 Å². The van der Waals surface area contributed by atoms with Crippen LogP contribution in [0.2, 0.25) is 0 Å². The predicted octanol–water partition coefficient (Wildman–Crippen LogP) is 3.26. The zero-order valence-corrected chi connectivity index (χ0v) is 9.18. The van der Waals surface area contributed by atoms with E-state index in [0.717, 1.165) is 37.9 Å². The van der Waals surface area contributed by atoms with Crippen molar-refractivity contribution in [1.82, 2.24) is 0 Å². The van der Waals surface area contributed by atoms with E-state index in [1.54, 1.807) is 7.11 Å². The Morgan fingerprint density at radius 3 is 2.86 bits per heavy atom. The Labute approximate surface area is 86.6 Å². The fourth-order valence-electron chi connectivity index (χ4n) is 2.55. The Bertz CT molecular complexity index is 254. The Morgan fingerprint density at radius 2 is 2.43 bits per heavy atom. The van der Waals surface area contributed by atoms with Gasteiger partial charge in [-0.25, -0.2) is 0 Å². The van der Waals surface area contributed by atoms with Crippen LogP contribution in [-0.2, 0) is 4.74 Å². The standard InChI is InChI=1S/C12H19NO/c1-4-6-12(10(2)14-3)7-5-11(8-12)9-13/h11H,2,4-8H2,1,3H3. The molecule has 0 amide bonds. The van der Waals surface area contributed by atoms with Gasteiger partial charge in [0.05, 0.1) is 18.9 Å². The number of hydrogen-bond acceptors (Lipinski definition) is 2. The lowest BCUT2D eigenvalue weighted by Crippen LogP contribution is -2.20. The highest BCUT2D eigenvalue weighted by Crippen LogP contribution is 2.49. The fraction of sp³-hybridized carbons (Fsp3) is 0.750. The highest BCUT2D eigenvalue weighted by Gasteiger charge is 2.41. The van der Waals surface area contributed by atoms with E-state index in [1.807, 2.05) is 0 Å². The zero-order chi connectivity index (χ0) is 10.6. The van der Waals surface area contributed by atoms with Crippen LogP contribution in [0.1, 0.15) is 39.0 Å². The minimum absolute atomic E-state index is 0.0872. The summed E-state index contributed by atoms with van der Waals surface area (Å²) in [4.78, 5) is 0. The number of hydrogen-bond donors (Lipinski definition) is 0. The lowest BCUT2D eigenvalue weighted by Gasteiger charge is -2.29. The number of allylic oxidation sites excluding steroid dienone is 1. The van der Waals surface area contributed by atoms with E-state index in [-0.39, 0.29) is 11.3 Å². The van der Waals surface area contributed by atoms with Gasteiger partial charge in [0.2, 0.25) is 0 Å². The highest BCUT2D eigenvalue weighted by atomic mass is 16.5. The van der Waals surface area contributed by atoms with Crippen LogP contribution >= 0.6 is 0 Å². The van der Waals surface area contributed by atoms with Gasteiger partial charge < -0.3 is 4.74 Å². The molecule has 0 bridgehead atoms. The summed E-state index contributed by atoms with van der Waals surface area (Å²) in [5.41, 5.74) is 0.0872. The van der Waals surface area contributed by atoms with Crippen molar-refractivity contribution in [1.29, 1.82) is 5.26 Å². The Morgan fingerprint density at radius 1 is 1.71 bits per heavy atom. The van der Waals surface area contributed by atoms with Gasteiger partial charge in [-0.15, -0.1) is 0 Å². The second-order valence-corrected chi connectivity index (χ2v) is 4.23. The Balaban J connectivity index is 2.75. The van der Waals surface area contributed by atoms with Gasteiger partial charge in [0.1, 0.15) is 0 Å². The molecule has 0 spiro atoms. The van der Waals surface area contributed by atoms with E-state index in [9.17, 15) is 0 Å².